The molecule has 6 heteroatoms. The molecule has 2 heterocycles. The van der Waals surface area contributed by atoms with Gasteiger partial charge in [-0.05, 0) is 28.8 Å². The highest BCUT2D eigenvalue weighted by atomic mass is 16.5. The fourth-order valence-electron chi connectivity index (χ4n) is 4.30. The predicted octanol–water partition coefficient (Wildman–Crippen LogP) is 3.55. The van der Waals surface area contributed by atoms with Gasteiger partial charge in [0.2, 0.25) is 5.91 Å². The fraction of sp³-hybridized carbons (Fsp3) is 0.259. The van der Waals surface area contributed by atoms with Crippen LogP contribution in [-0.2, 0) is 20.7 Å². The minimum absolute atomic E-state index is 0.0574. The van der Waals surface area contributed by atoms with Crippen molar-refractivity contribution in [2.24, 2.45) is 0 Å². The van der Waals surface area contributed by atoms with Crippen LogP contribution in [0, 0.1) is 0 Å². The third kappa shape index (κ3) is 4.61. The van der Waals surface area contributed by atoms with Gasteiger partial charge in [-0.1, -0.05) is 66.7 Å². The number of hydrogen-bond acceptors (Lipinski definition) is 4. The molecule has 33 heavy (non-hydrogen) atoms. The molecule has 3 aromatic carbocycles. The van der Waals surface area contributed by atoms with E-state index in [1.165, 1.54) is 0 Å². The molecule has 2 aliphatic rings. The minimum atomic E-state index is -0.720. The molecule has 1 fully saturated rings. The molecule has 0 N–H and O–H groups in total. The van der Waals surface area contributed by atoms with Gasteiger partial charge in [-0.3, -0.25) is 9.59 Å². The Morgan fingerprint density at radius 3 is 2.24 bits per heavy atom. The van der Waals surface area contributed by atoms with Gasteiger partial charge >= 0.3 is 0 Å². The zero-order chi connectivity index (χ0) is 22.6. The molecule has 0 aliphatic carbocycles. The molecular formula is C27H26N2O4. The average Bonchev–Trinajstić information content (AvgIpc) is 2.89. The van der Waals surface area contributed by atoms with Gasteiger partial charge in [0.25, 0.3) is 5.91 Å². The number of rotatable bonds is 4. The van der Waals surface area contributed by atoms with Gasteiger partial charge in [0.15, 0.2) is 6.10 Å². The van der Waals surface area contributed by atoms with E-state index in [4.69, 9.17) is 9.47 Å². The number of nitrogens with zero attached hydrogens (tertiary/aromatic N) is 2. The quantitative estimate of drug-likeness (QED) is 0.620. The molecule has 1 saturated heterocycles. The molecule has 5 rings (SSSR count). The predicted molar refractivity (Wildman–Crippen MR) is 126 cm³/mol. The molecule has 1 atom stereocenters. The number of benzene rings is 3. The van der Waals surface area contributed by atoms with Crippen molar-refractivity contribution < 1.29 is 19.1 Å². The Morgan fingerprint density at radius 1 is 0.818 bits per heavy atom. The van der Waals surface area contributed by atoms with E-state index in [1.54, 1.807) is 9.80 Å². The molecule has 0 saturated carbocycles. The first kappa shape index (κ1) is 21.2. The van der Waals surface area contributed by atoms with Crippen molar-refractivity contribution >= 4 is 17.5 Å². The zero-order valence-electron chi connectivity index (χ0n) is 18.4. The number of anilines is 1. The molecular weight excluding hydrogens is 416 g/mol. The Hall–Kier alpha value is -3.64. The summed E-state index contributed by atoms with van der Waals surface area (Å²) >= 11 is 0. The van der Waals surface area contributed by atoms with Crippen molar-refractivity contribution in [3.8, 4) is 16.9 Å². The van der Waals surface area contributed by atoms with Crippen LogP contribution >= 0.6 is 0 Å². The smallest absolute Gasteiger partial charge is 0.265 e. The van der Waals surface area contributed by atoms with E-state index in [2.05, 4.69) is 12.1 Å². The van der Waals surface area contributed by atoms with E-state index in [9.17, 15) is 9.59 Å². The summed E-state index contributed by atoms with van der Waals surface area (Å²) in [6.07, 6.45) is -0.468. The lowest BCUT2D eigenvalue weighted by Gasteiger charge is -2.37. The van der Waals surface area contributed by atoms with E-state index in [0.29, 0.717) is 37.7 Å². The number of para-hydroxylation sites is 2. The van der Waals surface area contributed by atoms with Crippen LogP contribution < -0.4 is 9.64 Å². The van der Waals surface area contributed by atoms with Crippen LogP contribution in [0.5, 0.6) is 5.75 Å². The van der Waals surface area contributed by atoms with E-state index in [-0.39, 0.29) is 24.8 Å². The van der Waals surface area contributed by atoms with E-state index in [1.807, 2.05) is 66.7 Å². The van der Waals surface area contributed by atoms with Crippen molar-refractivity contribution in [1.82, 2.24) is 4.90 Å². The highest BCUT2D eigenvalue weighted by Gasteiger charge is 2.36. The maximum atomic E-state index is 13.4. The summed E-state index contributed by atoms with van der Waals surface area (Å²) in [6, 6.07) is 25.6. The van der Waals surface area contributed by atoms with Crippen molar-refractivity contribution in [3.05, 3.63) is 84.4 Å². The summed E-state index contributed by atoms with van der Waals surface area (Å²) in [4.78, 5) is 29.9. The first-order chi connectivity index (χ1) is 16.2. The van der Waals surface area contributed by atoms with Gasteiger partial charge in [0, 0.05) is 13.1 Å². The molecule has 168 valence electrons. The molecule has 0 radical (unpaired) electrons. The number of carbonyl (C=O) groups excluding carboxylic acids is 2. The van der Waals surface area contributed by atoms with Crippen LogP contribution in [-0.4, -0.2) is 55.7 Å². The number of hydrogen-bond donors (Lipinski definition) is 0. The molecule has 0 bridgehead atoms. The van der Waals surface area contributed by atoms with Gasteiger partial charge < -0.3 is 19.3 Å². The Bertz CT molecular complexity index is 1120. The highest BCUT2D eigenvalue weighted by molar-refractivity contribution is 5.98. The van der Waals surface area contributed by atoms with Crippen molar-refractivity contribution in [1.29, 1.82) is 0 Å². The summed E-state index contributed by atoms with van der Waals surface area (Å²) in [5.41, 5.74) is 3.88. The van der Waals surface area contributed by atoms with Crippen LogP contribution in [0.15, 0.2) is 78.9 Å². The Morgan fingerprint density at radius 2 is 1.48 bits per heavy atom. The summed E-state index contributed by atoms with van der Waals surface area (Å²) in [6.45, 7) is 2.34. The lowest BCUT2D eigenvalue weighted by atomic mass is 10.0. The highest BCUT2D eigenvalue weighted by Crippen LogP contribution is 2.34. The Kier molecular flexibility index (Phi) is 6.09. The Labute approximate surface area is 193 Å². The first-order valence-corrected chi connectivity index (χ1v) is 11.3. The van der Waals surface area contributed by atoms with Crippen LogP contribution in [0.2, 0.25) is 0 Å². The lowest BCUT2D eigenvalue weighted by molar-refractivity contribution is -0.142. The number of carbonyl (C=O) groups is 2. The summed E-state index contributed by atoms with van der Waals surface area (Å²) < 4.78 is 11.4. The standard InChI is InChI=1S/C27H26N2O4/c30-26(18-20-10-12-22(13-11-20)21-6-2-1-3-7-21)29-19-25(27(31)28-14-16-32-17-15-28)33-24-9-5-4-8-23(24)29/h1-13,25H,14-19H2. The maximum absolute atomic E-state index is 13.4. The van der Waals surface area contributed by atoms with Gasteiger partial charge in [-0.25, -0.2) is 0 Å². The third-order valence-corrected chi connectivity index (χ3v) is 6.09. The van der Waals surface area contributed by atoms with Crippen LogP contribution in [0.3, 0.4) is 0 Å². The molecule has 6 nitrogen and oxygen atoms in total. The second kappa shape index (κ2) is 9.46. The average molecular weight is 443 g/mol. The second-order valence-electron chi connectivity index (χ2n) is 8.26. The normalized spacial score (nSPS) is 17.8. The van der Waals surface area contributed by atoms with Gasteiger partial charge in [-0.15, -0.1) is 0 Å². The van der Waals surface area contributed by atoms with Gasteiger partial charge in [0.1, 0.15) is 5.75 Å². The molecule has 2 amide bonds. The molecule has 2 aliphatic heterocycles. The Balaban J connectivity index is 1.33. The van der Waals surface area contributed by atoms with Crippen LogP contribution in [0.25, 0.3) is 11.1 Å². The van der Waals surface area contributed by atoms with Crippen LogP contribution in [0.4, 0.5) is 5.69 Å². The van der Waals surface area contributed by atoms with Crippen molar-refractivity contribution in [3.63, 3.8) is 0 Å². The minimum Gasteiger partial charge on any atom is -0.476 e. The van der Waals surface area contributed by atoms with E-state index < -0.39 is 6.10 Å². The monoisotopic (exact) mass is 442 g/mol. The van der Waals surface area contributed by atoms with Crippen molar-refractivity contribution in [2.75, 3.05) is 37.7 Å². The molecule has 0 spiro atoms. The first-order valence-electron chi connectivity index (χ1n) is 11.3. The number of ether oxygens (including phenoxy) is 2. The lowest BCUT2D eigenvalue weighted by Crippen LogP contribution is -2.54. The zero-order valence-corrected chi connectivity index (χ0v) is 18.4. The van der Waals surface area contributed by atoms with Crippen LogP contribution in [0.1, 0.15) is 5.56 Å². The van der Waals surface area contributed by atoms with Gasteiger partial charge in [0.05, 0.1) is 31.9 Å². The number of fused-ring (bicyclic) bond motifs is 1. The third-order valence-electron chi connectivity index (χ3n) is 6.09. The summed E-state index contributed by atoms with van der Waals surface area (Å²) in [5, 5.41) is 0. The number of morpholine rings is 1. The van der Waals surface area contributed by atoms with Gasteiger partial charge in [-0.2, -0.15) is 0 Å². The van der Waals surface area contributed by atoms with Crippen molar-refractivity contribution in [2.45, 2.75) is 12.5 Å². The largest absolute Gasteiger partial charge is 0.476 e. The number of amides is 2. The maximum Gasteiger partial charge on any atom is 0.265 e. The topological polar surface area (TPSA) is 59.1 Å². The molecule has 0 aromatic heterocycles. The summed E-state index contributed by atoms with van der Waals surface area (Å²) in [7, 11) is 0. The SMILES string of the molecule is O=C(C1CN(C(=O)Cc2ccc(-c3ccccc3)cc2)c2ccccc2O1)N1CCOCC1. The van der Waals surface area contributed by atoms with E-state index in [0.717, 1.165) is 16.7 Å². The second-order valence-corrected chi connectivity index (χ2v) is 8.26. The molecule has 1 unspecified atom stereocenters. The summed E-state index contributed by atoms with van der Waals surface area (Å²) in [5.74, 6) is 0.402. The molecule has 3 aromatic rings. The fourth-order valence-corrected chi connectivity index (χ4v) is 4.30. The van der Waals surface area contributed by atoms with E-state index >= 15 is 0 Å².